The van der Waals surface area contributed by atoms with Gasteiger partial charge in [0.05, 0.1) is 23.9 Å². The minimum atomic E-state index is -0.174. The predicted octanol–water partition coefficient (Wildman–Crippen LogP) is 5.67. The molecule has 5 heteroatoms. The Balaban J connectivity index is 1.27. The number of fused-ring (bicyclic) bond motifs is 2. The normalized spacial score (nSPS) is 15.4. The molecule has 1 heterocycles. The summed E-state index contributed by atoms with van der Waals surface area (Å²) in [7, 11) is 0. The van der Waals surface area contributed by atoms with E-state index in [1.165, 1.54) is 22.3 Å². The maximum atomic E-state index is 12.8. The highest BCUT2D eigenvalue weighted by atomic mass is 16.2. The molecule has 168 valence electrons. The standard InChI is InChI=1S/C28H30N4O/c1-28(2,3)22-13-12-20-15-23(16-21(20)14-22)30-27(33)31-25-10-7-11-26-24(25)17-29-32(26)18-19-8-5-4-6-9-19/h4-14,17,23H,15-16,18H2,1-3H3,(H2,30,31,33). The third-order valence-electron chi connectivity index (χ3n) is 6.45. The van der Waals surface area contributed by atoms with Gasteiger partial charge in [-0.1, -0.05) is 75.4 Å². The highest BCUT2D eigenvalue weighted by Gasteiger charge is 2.25. The third-order valence-corrected chi connectivity index (χ3v) is 6.45. The van der Waals surface area contributed by atoms with Gasteiger partial charge in [-0.3, -0.25) is 4.68 Å². The van der Waals surface area contributed by atoms with Crippen LogP contribution in [0.15, 0.2) is 72.9 Å². The molecule has 1 unspecified atom stereocenters. The van der Waals surface area contributed by atoms with Crippen molar-refractivity contribution in [2.45, 2.75) is 51.6 Å². The van der Waals surface area contributed by atoms with E-state index < -0.39 is 0 Å². The summed E-state index contributed by atoms with van der Waals surface area (Å²) in [5.74, 6) is 0. The van der Waals surface area contributed by atoms with Crippen molar-refractivity contribution in [1.29, 1.82) is 0 Å². The van der Waals surface area contributed by atoms with Gasteiger partial charge in [-0.25, -0.2) is 4.79 Å². The average molecular weight is 439 g/mol. The molecule has 5 nitrogen and oxygen atoms in total. The first-order valence-electron chi connectivity index (χ1n) is 11.5. The lowest BCUT2D eigenvalue weighted by molar-refractivity contribution is 0.249. The highest BCUT2D eigenvalue weighted by Crippen LogP contribution is 2.29. The summed E-state index contributed by atoms with van der Waals surface area (Å²) in [6.07, 6.45) is 3.56. The fraction of sp³-hybridized carbons (Fsp3) is 0.286. The van der Waals surface area contributed by atoms with Crippen LogP contribution in [-0.4, -0.2) is 21.9 Å². The zero-order chi connectivity index (χ0) is 23.0. The Labute approximate surface area is 194 Å². The molecule has 0 saturated carbocycles. The van der Waals surface area contributed by atoms with Crippen LogP contribution in [0.3, 0.4) is 0 Å². The fourth-order valence-corrected chi connectivity index (χ4v) is 4.63. The number of nitrogens with zero attached hydrogens (tertiary/aromatic N) is 2. The minimum Gasteiger partial charge on any atom is -0.334 e. The van der Waals surface area contributed by atoms with Crippen molar-refractivity contribution in [2.24, 2.45) is 0 Å². The molecule has 0 radical (unpaired) electrons. The van der Waals surface area contributed by atoms with E-state index in [0.717, 1.165) is 29.4 Å². The van der Waals surface area contributed by atoms with Crippen molar-refractivity contribution >= 4 is 22.6 Å². The molecule has 33 heavy (non-hydrogen) atoms. The van der Waals surface area contributed by atoms with E-state index in [-0.39, 0.29) is 17.5 Å². The van der Waals surface area contributed by atoms with Crippen LogP contribution in [0.25, 0.3) is 10.9 Å². The van der Waals surface area contributed by atoms with Gasteiger partial charge in [0.25, 0.3) is 0 Å². The van der Waals surface area contributed by atoms with Crippen molar-refractivity contribution in [3.05, 3.63) is 95.2 Å². The number of hydrogen-bond donors (Lipinski definition) is 2. The van der Waals surface area contributed by atoms with Gasteiger partial charge < -0.3 is 10.6 Å². The van der Waals surface area contributed by atoms with E-state index in [2.05, 4.69) is 66.8 Å². The van der Waals surface area contributed by atoms with Gasteiger partial charge in [-0.2, -0.15) is 5.10 Å². The summed E-state index contributed by atoms with van der Waals surface area (Å²) in [5, 5.41) is 11.7. The number of amides is 2. The second-order valence-corrected chi connectivity index (χ2v) is 9.96. The van der Waals surface area contributed by atoms with Crippen molar-refractivity contribution < 1.29 is 4.79 Å². The van der Waals surface area contributed by atoms with Crippen LogP contribution in [-0.2, 0) is 24.8 Å². The van der Waals surface area contributed by atoms with Crippen molar-refractivity contribution in [3.8, 4) is 0 Å². The molecule has 1 atom stereocenters. The van der Waals surface area contributed by atoms with Crippen molar-refractivity contribution in [2.75, 3.05) is 5.32 Å². The zero-order valence-corrected chi connectivity index (χ0v) is 19.4. The first kappa shape index (κ1) is 21.3. The lowest BCUT2D eigenvalue weighted by atomic mass is 9.85. The van der Waals surface area contributed by atoms with E-state index in [4.69, 9.17) is 0 Å². The lowest BCUT2D eigenvalue weighted by Crippen LogP contribution is -2.38. The Hall–Kier alpha value is -3.60. The number of benzene rings is 3. The van der Waals surface area contributed by atoms with E-state index >= 15 is 0 Å². The van der Waals surface area contributed by atoms with Gasteiger partial charge >= 0.3 is 6.03 Å². The molecular weight excluding hydrogens is 408 g/mol. The largest absolute Gasteiger partial charge is 0.334 e. The van der Waals surface area contributed by atoms with Gasteiger partial charge in [0.15, 0.2) is 0 Å². The number of hydrogen-bond acceptors (Lipinski definition) is 2. The van der Waals surface area contributed by atoms with Crippen molar-refractivity contribution in [1.82, 2.24) is 15.1 Å². The van der Waals surface area contributed by atoms with Gasteiger partial charge in [0.2, 0.25) is 0 Å². The maximum absolute atomic E-state index is 12.8. The smallest absolute Gasteiger partial charge is 0.319 e. The van der Waals surface area contributed by atoms with Gasteiger partial charge in [0, 0.05) is 11.4 Å². The van der Waals surface area contributed by atoms with Crippen LogP contribution in [0.4, 0.5) is 10.5 Å². The lowest BCUT2D eigenvalue weighted by Gasteiger charge is -2.19. The molecule has 1 aliphatic rings. The molecule has 1 aromatic heterocycles. The van der Waals surface area contributed by atoms with Crippen LogP contribution < -0.4 is 10.6 Å². The molecule has 0 fully saturated rings. The fourth-order valence-electron chi connectivity index (χ4n) is 4.63. The Morgan fingerprint density at radius 1 is 1.00 bits per heavy atom. The molecule has 0 aliphatic heterocycles. The maximum Gasteiger partial charge on any atom is 0.319 e. The third kappa shape index (κ3) is 4.49. The van der Waals surface area contributed by atoms with Crippen LogP contribution in [0, 0.1) is 0 Å². The molecule has 3 aromatic carbocycles. The summed E-state index contributed by atoms with van der Waals surface area (Å²) in [5.41, 5.74) is 7.10. The molecule has 0 bridgehead atoms. The monoisotopic (exact) mass is 438 g/mol. The molecule has 2 amide bonds. The Kier molecular flexibility index (Phi) is 5.41. The number of aromatic nitrogens is 2. The van der Waals surface area contributed by atoms with E-state index in [1.54, 1.807) is 0 Å². The SMILES string of the molecule is CC(C)(C)c1ccc2c(c1)CC(NC(=O)Nc1cccc3c1cnn3Cc1ccccc1)C2. The number of carbonyl (C=O) groups excluding carboxylic acids is 1. The minimum absolute atomic E-state index is 0.107. The molecule has 0 spiro atoms. The second kappa shape index (κ2) is 8.39. The first-order valence-corrected chi connectivity index (χ1v) is 11.5. The number of carbonyl (C=O) groups is 1. The summed E-state index contributed by atoms with van der Waals surface area (Å²) >= 11 is 0. The topological polar surface area (TPSA) is 59.0 Å². The predicted molar refractivity (Wildman–Crippen MR) is 134 cm³/mol. The molecule has 5 rings (SSSR count). The molecule has 0 saturated heterocycles. The van der Waals surface area contributed by atoms with Crippen LogP contribution in [0.1, 0.15) is 43.0 Å². The summed E-state index contributed by atoms with van der Waals surface area (Å²) in [4.78, 5) is 12.8. The van der Waals surface area contributed by atoms with Crippen LogP contribution in [0.5, 0.6) is 0 Å². The number of urea groups is 1. The summed E-state index contributed by atoms with van der Waals surface area (Å²) in [6, 6.07) is 22.8. The Bertz CT molecular complexity index is 1300. The van der Waals surface area contributed by atoms with Gasteiger partial charge in [0.1, 0.15) is 0 Å². The van der Waals surface area contributed by atoms with Crippen LogP contribution in [0.2, 0.25) is 0 Å². The number of nitrogens with one attached hydrogen (secondary N) is 2. The van der Waals surface area contributed by atoms with Crippen LogP contribution >= 0.6 is 0 Å². The van der Waals surface area contributed by atoms with E-state index in [1.807, 2.05) is 47.3 Å². The van der Waals surface area contributed by atoms with E-state index in [9.17, 15) is 4.79 Å². The number of rotatable bonds is 4. The molecule has 1 aliphatic carbocycles. The highest BCUT2D eigenvalue weighted by molar-refractivity contribution is 6.00. The van der Waals surface area contributed by atoms with Crippen molar-refractivity contribution in [3.63, 3.8) is 0 Å². The zero-order valence-electron chi connectivity index (χ0n) is 19.4. The molecule has 2 N–H and O–H groups in total. The van der Waals surface area contributed by atoms with E-state index in [0.29, 0.717) is 6.54 Å². The summed E-state index contributed by atoms with van der Waals surface area (Å²) in [6.45, 7) is 7.39. The summed E-state index contributed by atoms with van der Waals surface area (Å²) < 4.78 is 1.97. The average Bonchev–Trinajstić information content (AvgIpc) is 3.37. The Morgan fingerprint density at radius 3 is 2.58 bits per heavy atom. The Morgan fingerprint density at radius 2 is 1.79 bits per heavy atom. The first-order chi connectivity index (χ1) is 15.9. The second-order valence-electron chi connectivity index (χ2n) is 9.96. The molecule has 4 aromatic rings. The molecular formula is C28H30N4O. The van der Waals surface area contributed by atoms with Gasteiger partial charge in [-0.15, -0.1) is 0 Å². The van der Waals surface area contributed by atoms with Gasteiger partial charge in [-0.05, 0) is 52.6 Å². The number of anilines is 1. The quantitative estimate of drug-likeness (QED) is 0.431.